The van der Waals surface area contributed by atoms with Crippen LogP contribution in [0.4, 0.5) is 19.5 Å². The van der Waals surface area contributed by atoms with Gasteiger partial charge in [0.15, 0.2) is 5.78 Å². The molecule has 2 rings (SSSR count). The third-order valence-corrected chi connectivity index (χ3v) is 5.10. The van der Waals surface area contributed by atoms with Gasteiger partial charge in [-0.2, -0.15) is 0 Å². The van der Waals surface area contributed by atoms with Crippen LogP contribution in [0.15, 0.2) is 23.1 Å². The molecule has 21 heavy (non-hydrogen) atoms. The normalized spacial score (nSPS) is 10.7. The number of thiophene rings is 1. The molecule has 0 saturated carbocycles. The summed E-state index contributed by atoms with van der Waals surface area (Å²) in [5.41, 5.74) is 6.59. The van der Waals surface area contributed by atoms with Gasteiger partial charge in [0.1, 0.15) is 16.6 Å². The largest absolute Gasteiger partial charge is 0.396 e. The number of Topliss-reactive ketones (excluding diaryl/α,β-unsaturated/α-hetero) is 1. The molecule has 0 amide bonds. The minimum Gasteiger partial charge on any atom is -0.396 e. The Hall–Kier alpha value is -1.60. The molecule has 2 aromatic rings. The van der Waals surface area contributed by atoms with Crippen molar-refractivity contribution in [2.75, 3.05) is 17.3 Å². The Labute approximate surface area is 129 Å². The molecule has 0 atom stereocenters. The van der Waals surface area contributed by atoms with E-state index in [0.29, 0.717) is 15.6 Å². The van der Waals surface area contributed by atoms with Gasteiger partial charge in [-0.25, -0.2) is 8.78 Å². The molecule has 1 aromatic carbocycles. The Bertz CT molecular complexity index is 686. The van der Waals surface area contributed by atoms with Gasteiger partial charge >= 0.3 is 0 Å². The van der Waals surface area contributed by atoms with Crippen molar-refractivity contribution >= 4 is 39.6 Å². The van der Waals surface area contributed by atoms with Crippen molar-refractivity contribution < 1.29 is 13.6 Å². The third-order valence-electron chi connectivity index (χ3n) is 2.87. The summed E-state index contributed by atoms with van der Waals surface area (Å²) in [5, 5.41) is 3.71. The van der Waals surface area contributed by atoms with Gasteiger partial charge in [-0.3, -0.25) is 4.79 Å². The summed E-state index contributed by atoms with van der Waals surface area (Å²) >= 11 is 2.63. The van der Waals surface area contributed by atoms with Gasteiger partial charge in [0.2, 0.25) is 0 Å². The zero-order valence-electron chi connectivity index (χ0n) is 11.5. The first-order chi connectivity index (χ1) is 9.93. The van der Waals surface area contributed by atoms with E-state index in [1.165, 1.54) is 30.0 Å². The SMILES string of the molecule is CSc1c(NCc2cc(F)ccc2F)sc(C(C)=O)c1N. The highest BCUT2D eigenvalue weighted by Gasteiger charge is 2.18. The van der Waals surface area contributed by atoms with E-state index in [4.69, 9.17) is 5.73 Å². The molecule has 7 heteroatoms. The molecule has 0 fully saturated rings. The van der Waals surface area contributed by atoms with E-state index < -0.39 is 11.6 Å². The maximum Gasteiger partial charge on any atom is 0.171 e. The van der Waals surface area contributed by atoms with Crippen molar-refractivity contribution in [1.29, 1.82) is 0 Å². The average Bonchev–Trinajstić information content (AvgIpc) is 2.76. The molecule has 0 spiro atoms. The van der Waals surface area contributed by atoms with Crippen LogP contribution >= 0.6 is 23.1 Å². The number of nitrogen functional groups attached to an aromatic ring is 1. The van der Waals surface area contributed by atoms with Crippen LogP contribution in [0.1, 0.15) is 22.2 Å². The highest BCUT2D eigenvalue weighted by atomic mass is 32.2. The van der Waals surface area contributed by atoms with E-state index >= 15 is 0 Å². The minimum atomic E-state index is -0.492. The molecular formula is C14H14F2N2OS2. The molecule has 0 radical (unpaired) electrons. The fourth-order valence-corrected chi connectivity index (χ4v) is 3.79. The van der Waals surface area contributed by atoms with Crippen LogP contribution in [-0.4, -0.2) is 12.0 Å². The van der Waals surface area contributed by atoms with E-state index in [1.807, 2.05) is 6.26 Å². The van der Waals surface area contributed by atoms with Gasteiger partial charge in [0, 0.05) is 19.0 Å². The fraction of sp³-hybridized carbons (Fsp3) is 0.214. The number of hydrogen-bond donors (Lipinski definition) is 2. The molecule has 3 N–H and O–H groups in total. The fourth-order valence-electron chi connectivity index (χ4n) is 1.86. The number of ketones is 1. The molecule has 112 valence electrons. The predicted molar refractivity (Wildman–Crippen MR) is 84.2 cm³/mol. The molecule has 0 aliphatic rings. The number of carbonyl (C=O) groups excluding carboxylic acids is 1. The smallest absolute Gasteiger partial charge is 0.171 e. The van der Waals surface area contributed by atoms with Crippen LogP contribution in [-0.2, 0) is 6.54 Å². The van der Waals surface area contributed by atoms with Crippen molar-refractivity contribution in [3.63, 3.8) is 0 Å². The monoisotopic (exact) mass is 328 g/mol. The molecule has 0 aliphatic carbocycles. The number of nitrogens with one attached hydrogen (secondary N) is 1. The zero-order valence-corrected chi connectivity index (χ0v) is 13.1. The Kier molecular flexibility index (Phi) is 4.84. The van der Waals surface area contributed by atoms with Gasteiger partial charge in [-0.15, -0.1) is 23.1 Å². The molecule has 0 saturated heterocycles. The van der Waals surface area contributed by atoms with E-state index in [9.17, 15) is 13.6 Å². The van der Waals surface area contributed by atoms with Crippen LogP contribution in [0, 0.1) is 11.6 Å². The average molecular weight is 328 g/mol. The summed E-state index contributed by atoms with van der Waals surface area (Å²) in [6, 6.07) is 3.30. The van der Waals surface area contributed by atoms with Crippen LogP contribution in [0.25, 0.3) is 0 Å². The summed E-state index contributed by atoms with van der Waals surface area (Å²) < 4.78 is 26.7. The first kappa shape index (κ1) is 15.8. The van der Waals surface area contributed by atoms with E-state index in [1.54, 1.807) is 0 Å². The summed E-state index contributed by atoms with van der Waals surface area (Å²) in [5.74, 6) is -1.09. The predicted octanol–water partition coefficient (Wildman–Crippen LogP) is 4.15. The summed E-state index contributed by atoms with van der Waals surface area (Å²) in [7, 11) is 0. The minimum absolute atomic E-state index is 0.113. The standard InChI is InChI=1S/C14H14F2N2OS2/c1-7(19)12-11(17)13(20-2)14(21-12)18-6-8-5-9(15)3-4-10(8)16/h3-5,18H,6,17H2,1-2H3. The molecule has 0 aliphatic heterocycles. The van der Waals surface area contributed by atoms with Gasteiger partial charge in [0.05, 0.1) is 15.5 Å². The van der Waals surface area contributed by atoms with Crippen molar-refractivity contribution in [2.24, 2.45) is 0 Å². The molecular weight excluding hydrogens is 314 g/mol. The van der Waals surface area contributed by atoms with Gasteiger partial charge in [-0.1, -0.05) is 0 Å². The van der Waals surface area contributed by atoms with E-state index in [2.05, 4.69) is 5.32 Å². The molecule has 0 bridgehead atoms. The second-order valence-electron chi connectivity index (χ2n) is 4.35. The lowest BCUT2D eigenvalue weighted by atomic mass is 10.2. The molecule has 3 nitrogen and oxygen atoms in total. The Balaban J connectivity index is 2.25. The Morgan fingerprint density at radius 1 is 1.43 bits per heavy atom. The number of anilines is 2. The number of rotatable bonds is 5. The quantitative estimate of drug-likeness (QED) is 0.640. The summed E-state index contributed by atoms with van der Waals surface area (Å²) in [6.07, 6.45) is 1.84. The van der Waals surface area contributed by atoms with Crippen LogP contribution < -0.4 is 11.1 Å². The number of hydrogen-bond acceptors (Lipinski definition) is 5. The van der Waals surface area contributed by atoms with Crippen molar-refractivity contribution in [1.82, 2.24) is 0 Å². The highest BCUT2D eigenvalue weighted by molar-refractivity contribution is 7.99. The number of thioether (sulfide) groups is 1. The van der Waals surface area contributed by atoms with Crippen LogP contribution in [0.2, 0.25) is 0 Å². The van der Waals surface area contributed by atoms with Crippen molar-refractivity contribution in [2.45, 2.75) is 18.4 Å². The van der Waals surface area contributed by atoms with E-state index in [-0.39, 0.29) is 17.9 Å². The van der Waals surface area contributed by atoms with Gasteiger partial charge in [0.25, 0.3) is 0 Å². The highest BCUT2D eigenvalue weighted by Crippen LogP contribution is 2.42. The maximum atomic E-state index is 13.6. The molecule has 0 unspecified atom stereocenters. The lowest BCUT2D eigenvalue weighted by molar-refractivity contribution is 0.102. The van der Waals surface area contributed by atoms with Crippen LogP contribution in [0.3, 0.4) is 0 Å². The van der Waals surface area contributed by atoms with E-state index in [0.717, 1.165) is 23.1 Å². The topological polar surface area (TPSA) is 55.1 Å². The number of benzene rings is 1. The number of nitrogens with two attached hydrogens (primary N) is 1. The lowest BCUT2D eigenvalue weighted by Crippen LogP contribution is -2.02. The number of halogens is 2. The Morgan fingerprint density at radius 2 is 2.14 bits per heavy atom. The Morgan fingerprint density at radius 3 is 2.76 bits per heavy atom. The first-order valence-electron chi connectivity index (χ1n) is 6.09. The molecule has 1 heterocycles. The summed E-state index contributed by atoms with van der Waals surface area (Å²) in [4.78, 5) is 12.7. The first-order valence-corrected chi connectivity index (χ1v) is 8.13. The van der Waals surface area contributed by atoms with Crippen molar-refractivity contribution in [3.8, 4) is 0 Å². The maximum absolute atomic E-state index is 13.6. The van der Waals surface area contributed by atoms with Crippen LogP contribution in [0.5, 0.6) is 0 Å². The molecule has 1 aromatic heterocycles. The van der Waals surface area contributed by atoms with Gasteiger partial charge in [-0.05, 0) is 24.5 Å². The zero-order chi connectivity index (χ0) is 15.6. The lowest BCUT2D eigenvalue weighted by Gasteiger charge is -2.07. The number of carbonyl (C=O) groups is 1. The summed E-state index contributed by atoms with van der Waals surface area (Å²) in [6.45, 7) is 1.57. The second-order valence-corrected chi connectivity index (χ2v) is 6.19. The third kappa shape index (κ3) is 3.36. The van der Waals surface area contributed by atoms with Gasteiger partial charge < -0.3 is 11.1 Å². The second kappa shape index (κ2) is 6.44. The van der Waals surface area contributed by atoms with Crippen molar-refractivity contribution in [3.05, 3.63) is 40.3 Å².